The molecule has 0 bridgehead atoms. The number of halogens is 1. The maximum absolute atomic E-state index is 8.93. The molecule has 0 aliphatic rings. The zero-order valence-corrected chi connectivity index (χ0v) is 7.21. The normalized spacial score (nSPS) is 13.7. The van der Waals surface area contributed by atoms with Crippen LogP contribution in [0.25, 0.3) is 0 Å². The molecule has 0 heterocycles. The van der Waals surface area contributed by atoms with Crippen molar-refractivity contribution in [2.75, 3.05) is 17.4 Å². The lowest BCUT2D eigenvalue weighted by Crippen LogP contribution is -2.11. The standard InChI is InChI=1S/C6H13ClOS/c1-2-3-9-5-6(8)4-7/h6,8H,2-5H2,1H3/t6-/m1/s1. The Morgan fingerprint density at radius 3 is 2.78 bits per heavy atom. The number of aliphatic hydroxyl groups excluding tert-OH is 1. The molecule has 0 aliphatic carbocycles. The van der Waals surface area contributed by atoms with Crippen LogP contribution in [-0.4, -0.2) is 28.6 Å². The van der Waals surface area contributed by atoms with Gasteiger partial charge in [-0.3, -0.25) is 0 Å². The number of aliphatic hydroxyl groups is 1. The molecule has 0 radical (unpaired) electrons. The Morgan fingerprint density at radius 1 is 1.67 bits per heavy atom. The Morgan fingerprint density at radius 2 is 2.33 bits per heavy atom. The molecule has 0 rings (SSSR count). The van der Waals surface area contributed by atoms with Crippen LogP contribution in [0.4, 0.5) is 0 Å². The van der Waals surface area contributed by atoms with Gasteiger partial charge in [0, 0.05) is 11.6 Å². The topological polar surface area (TPSA) is 20.2 Å². The van der Waals surface area contributed by atoms with E-state index in [0.717, 1.165) is 11.5 Å². The fourth-order valence-electron chi connectivity index (χ4n) is 0.408. The van der Waals surface area contributed by atoms with E-state index < -0.39 is 0 Å². The number of hydrogen-bond acceptors (Lipinski definition) is 2. The van der Waals surface area contributed by atoms with Crippen LogP contribution >= 0.6 is 23.4 Å². The summed E-state index contributed by atoms with van der Waals surface area (Å²) in [4.78, 5) is 0. The van der Waals surface area contributed by atoms with Crippen LogP contribution in [0, 0.1) is 0 Å². The van der Waals surface area contributed by atoms with E-state index in [-0.39, 0.29) is 6.10 Å². The first-order valence-corrected chi connectivity index (χ1v) is 4.82. The number of thioether (sulfide) groups is 1. The van der Waals surface area contributed by atoms with Gasteiger partial charge >= 0.3 is 0 Å². The quantitative estimate of drug-likeness (QED) is 0.499. The summed E-state index contributed by atoms with van der Waals surface area (Å²) in [6.45, 7) is 2.13. The molecule has 0 aromatic heterocycles. The average Bonchev–Trinajstić information content (AvgIpc) is 1.89. The predicted octanol–water partition coefficient (Wildman–Crippen LogP) is 1.73. The van der Waals surface area contributed by atoms with Crippen LogP contribution in [0.5, 0.6) is 0 Å². The molecule has 0 spiro atoms. The molecule has 1 atom stereocenters. The first-order valence-electron chi connectivity index (χ1n) is 3.13. The summed E-state index contributed by atoms with van der Waals surface area (Å²) in [6.07, 6.45) is 0.850. The molecule has 0 aliphatic heterocycles. The van der Waals surface area contributed by atoms with Crippen LogP contribution < -0.4 is 0 Å². The Bertz CT molecular complexity index is 61.0. The Balaban J connectivity index is 2.88. The van der Waals surface area contributed by atoms with Gasteiger partial charge < -0.3 is 5.11 Å². The smallest absolute Gasteiger partial charge is 0.0765 e. The van der Waals surface area contributed by atoms with Crippen molar-refractivity contribution in [2.24, 2.45) is 0 Å². The van der Waals surface area contributed by atoms with Crippen molar-refractivity contribution in [3.63, 3.8) is 0 Å². The first kappa shape index (κ1) is 9.60. The fourth-order valence-corrected chi connectivity index (χ4v) is 1.49. The third-order valence-corrected chi connectivity index (χ3v) is 2.51. The van der Waals surface area contributed by atoms with Gasteiger partial charge in [0.15, 0.2) is 0 Å². The van der Waals surface area contributed by atoms with Crippen molar-refractivity contribution in [3.8, 4) is 0 Å². The minimum Gasteiger partial charge on any atom is -0.391 e. The average molecular weight is 169 g/mol. The Kier molecular flexibility index (Phi) is 7.16. The lowest BCUT2D eigenvalue weighted by Gasteiger charge is -2.03. The summed E-state index contributed by atoms with van der Waals surface area (Å²) in [7, 11) is 0. The highest BCUT2D eigenvalue weighted by atomic mass is 35.5. The fraction of sp³-hybridized carbons (Fsp3) is 1.00. The summed E-state index contributed by atoms with van der Waals surface area (Å²) >= 11 is 7.12. The summed E-state index contributed by atoms with van der Waals surface area (Å²) in [5.74, 6) is 2.25. The van der Waals surface area contributed by atoms with Crippen LogP contribution in [0.2, 0.25) is 0 Å². The maximum atomic E-state index is 8.93. The second-order valence-corrected chi connectivity index (χ2v) is 3.34. The molecule has 0 aromatic rings. The Hall–Kier alpha value is 0.600. The SMILES string of the molecule is CCCSC[C@H](O)CCl. The molecular formula is C6H13ClOS. The van der Waals surface area contributed by atoms with Gasteiger partial charge in [-0.05, 0) is 12.2 Å². The second-order valence-electron chi connectivity index (χ2n) is 1.88. The number of rotatable bonds is 5. The zero-order valence-electron chi connectivity index (χ0n) is 5.64. The van der Waals surface area contributed by atoms with Crippen molar-refractivity contribution in [1.82, 2.24) is 0 Å². The summed E-state index contributed by atoms with van der Waals surface area (Å²) in [5, 5.41) is 8.93. The molecule has 9 heavy (non-hydrogen) atoms. The predicted molar refractivity (Wildman–Crippen MR) is 44.3 cm³/mol. The van der Waals surface area contributed by atoms with E-state index >= 15 is 0 Å². The summed E-state index contributed by atoms with van der Waals surface area (Å²) in [6, 6.07) is 0. The maximum Gasteiger partial charge on any atom is 0.0765 e. The molecular weight excluding hydrogens is 156 g/mol. The molecule has 1 N–H and O–H groups in total. The van der Waals surface area contributed by atoms with E-state index in [9.17, 15) is 0 Å². The third kappa shape index (κ3) is 6.49. The monoisotopic (exact) mass is 168 g/mol. The van der Waals surface area contributed by atoms with Gasteiger partial charge in [-0.25, -0.2) is 0 Å². The van der Waals surface area contributed by atoms with E-state index in [2.05, 4.69) is 6.92 Å². The van der Waals surface area contributed by atoms with Crippen LogP contribution in [-0.2, 0) is 0 Å². The lowest BCUT2D eigenvalue weighted by atomic mass is 10.5. The molecule has 3 heteroatoms. The van der Waals surface area contributed by atoms with Crippen LogP contribution in [0.3, 0.4) is 0 Å². The minimum absolute atomic E-state index is 0.316. The molecule has 0 unspecified atom stereocenters. The second kappa shape index (κ2) is 6.72. The van der Waals surface area contributed by atoms with Crippen molar-refractivity contribution in [2.45, 2.75) is 19.4 Å². The summed E-state index contributed by atoms with van der Waals surface area (Å²) < 4.78 is 0. The number of hydrogen-bond donors (Lipinski definition) is 1. The largest absolute Gasteiger partial charge is 0.391 e. The van der Waals surface area contributed by atoms with E-state index in [1.54, 1.807) is 11.8 Å². The van der Waals surface area contributed by atoms with Gasteiger partial charge in [0.05, 0.1) is 6.10 Å². The zero-order chi connectivity index (χ0) is 7.11. The Labute approximate surface area is 65.8 Å². The highest BCUT2D eigenvalue weighted by Crippen LogP contribution is 2.04. The number of alkyl halides is 1. The highest BCUT2D eigenvalue weighted by Gasteiger charge is 1.99. The molecule has 0 aromatic carbocycles. The van der Waals surface area contributed by atoms with Gasteiger partial charge in [-0.2, -0.15) is 11.8 Å². The van der Waals surface area contributed by atoms with Crippen LogP contribution in [0.15, 0.2) is 0 Å². The van der Waals surface area contributed by atoms with Crippen molar-refractivity contribution in [3.05, 3.63) is 0 Å². The molecule has 0 saturated heterocycles. The van der Waals surface area contributed by atoms with E-state index in [1.807, 2.05) is 0 Å². The summed E-state index contributed by atoms with van der Waals surface area (Å²) in [5.41, 5.74) is 0. The van der Waals surface area contributed by atoms with Gasteiger partial charge in [0.2, 0.25) is 0 Å². The van der Waals surface area contributed by atoms with E-state index in [0.29, 0.717) is 5.88 Å². The van der Waals surface area contributed by atoms with Crippen molar-refractivity contribution in [1.29, 1.82) is 0 Å². The third-order valence-electron chi connectivity index (χ3n) is 0.837. The molecule has 0 fully saturated rings. The van der Waals surface area contributed by atoms with Gasteiger partial charge in [-0.15, -0.1) is 11.6 Å². The molecule has 1 nitrogen and oxygen atoms in total. The van der Waals surface area contributed by atoms with Crippen molar-refractivity contribution < 1.29 is 5.11 Å². The van der Waals surface area contributed by atoms with Crippen LogP contribution in [0.1, 0.15) is 13.3 Å². The molecule has 56 valence electrons. The van der Waals surface area contributed by atoms with Gasteiger partial charge in [0.25, 0.3) is 0 Å². The van der Waals surface area contributed by atoms with Gasteiger partial charge in [0.1, 0.15) is 0 Å². The highest BCUT2D eigenvalue weighted by molar-refractivity contribution is 7.99. The van der Waals surface area contributed by atoms with E-state index in [1.165, 1.54) is 6.42 Å². The first-order chi connectivity index (χ1) is 4.31. The molecule has 0 saturated carbocycles. The lowest BCUT2D eigenvalue weighted by molar-refractivity contribution is 0.223. The van der Waals surface area contributed by atoms with Gasteiger partial charge in [-0.1, -0.05) is 6.92 Å². The van der Waals surface area contributed by atoms with Crippen molar-refractivity contribution >= 4 is 23.4 Å². The minimum atomic E-state index is -0.316. The molecule has 0 amide bonds. The van der Waals surface area contributed by atoms with E-state index in [4.69, 9.17) is 16.7 Å².